The van der Waals surface area contributed by atoms with Gasteiger partial charge in [0.15, 0.2) is 0 Å². The van der Waals surface area contributed by atoms with E-state index in [2.05, 4.69) is 27.9 Å². The molecule has 2 aliphatic heterocycles. The van der Waals surface area contributed by atoms with Gasteiger partial charge >= 0.3 is 5.97 Å². The van der Waals surface area contributed by atoms with Crippen molar-refractivity contribution in [1.29, 1.82) is 5.26 Å². The van der Waals surface area contributed by atoms with E-state index in [1.165, 1.54) is 4.90 Å². The summed E-state index contributed by atoms with van der Waals surface area (Å²) in [5.74, 6) is -0.394. The van der Waals surface area contributed by atoms with Crippen molar-refractivity contribution in [1.82, 2.24) is 14.8 Å². The first kappa shape index (κ1) is 19.1. The van der Waals surface area contributed by atoms with Crippen molar-refractivity contribution in [2.75, 3.05) is 44.7 Å². The normalized spacial score (nSPS) is 24.0. The molecule has 0 aromatic carbocycles. The molecule has 1 spiro atoms. The predicted octanol–water partition coefficient (Wildman–Crippen LogP) is 0.849. The number of likely N-dealkylation sites (tertiary alicyclic amines) is 1. The number of rotatable bonds is 3. The SMILES string of the molecule is Cc1ccc(C#N)c(N2CCN(C)C3(CCC(=O)N(CC(=O)O)CC3)C2)n1. The van der Waals surface area contributed by atoms with Crippen LogP contribution in [0.1, 0.15) is 30.5 Å². The first-order valence-corrected chi connectivity index (χ1v) is 9.18. The van der Waals surface area contributed by atoms with E-state index in [1.54, 1.807) is 6.07 Å². The summed E-state index contributed by atoms with van der Waals surface area (Å²) in [6.45, 7) is 4.31. The van der Waals surface area contributed by atoms with Crippen LogP contribution in [0.2, 0.25) is 0 Å². The van der Waals surface area contributed by atoms with Crippen molar-refractivity contribution in [2.45, 2.75) is 31.7 Å². The standard InChI is InChI=1S/C19H25N5O3/c1-14-3-4-15(11-20)18(21-14)24-10-9-22(2)19(13-24)6-5-16(25)23(8-7-19)12-17(26)27/h3-4H,5-10,12-13H2,1-2H3,(H,26,27). The van der Waals surface area contributed by atoms with Crippen LogP contribution in [0.4, 0.5) is 5.82 Å². The third kappa shape index (κ3) is 3.88. The quantitative estimate of drug-likeness (QED) is 0.840. The maximum absolute atomic E-state index is 12.4. The molecule has 8 nitrogen and oxygen atoms in total. The number of carboxylic acid groups (broad SMARTS) is 1. The lowest BCUT2D eigenvalue weighted by atomic mass is 9.86. The number of aromatic nitrogens is 1. The van der Waals surface area contributed by atoms with Gasteiger partial charge in [0.25, 0.3) is 0 Å². The van der Waals surface area contributed by atoms with Crippen LogP contribution in [0.25, 0.3) is 0 Å². The van der Waals surface area contributed by atoms with Gasteiger partial charge in [0.05, 0.1) is 5.56 Å². The Hall–Kier alpha value is -2.66. The maximum Gasteiger partial charge on any atom is 0.323 e. The second-order valence-electron chi connectivity index (χ2n) is 7.46. The summed E-state index contributed by atoms with van der Waals surface area (Å²) in [5, 5.41) is 18.5. The lowest BCUT2D eigenvalue weighted by Gasteiger charge is -2.49. The Labute approximate surface area is 159 Å². The summed E-state index contributed by atoms with van der Waals surface area (Å²) in [6.07, 6.45) is 1.70. The molecule has 144 valence electrons. The fourth-order valence-corrected chi connectivity index (χ4v) is 4.08. The number of anilines is 1. The first-order valence-electron chi connectivity index (χ1n) is 9.18. The van der Waals surface area contributed by atoms with Crippen molar-refractivity contribution in [3.05, 3.63) is 23.4 Å². The Morgan fingerprint density at radius 2 is 2.11 bits per heavy atom. The molecule has 0 radical (unpaired) electrons. The molecule has 1 aromatic rings. The fourth-order valence-electron chi connectivity index (χ4n) is 4.08. The second kappa shape index (κ2) is 7.53. The van der Waals surface area contributed by atoms with E-state index in [4.69, 9.17) is 5.11 Å². The number of hydrogen-bond acceptors (Lipinski definition) is 6. The third-order valence-corrected chi connectivity index (χ3v) is 5.76. The fraction of sp³-hybridized carbons (Fsp3) is 0.579. The van der Waals surface area contributed by atoms with E-state index >= 15 is 0 Å². The number of piperazine rings is 1. The molecular formula is C19H25N5O3. The van der Waals surface area contributed by atoms with Crippen LogP contribution < -0.4 is 4.90 Å². The Kier molecular flexibility index (Phi) is 5.33. The van der Waals surface area contributed by atoms with Gasteiger partial charge in [-0.15, -0.1) is 0 Å². The highest BCUT2D eigenvalue weighted by Gasteiger charge is 2.43. The second-order valence-corrected chi connectivity index (χ2v) is 7.46. The number of carboxylic acids is 1. The summed E-state index contributed by atoms with van der Waals surface area (Å²) in [6, 6.07) is 5.86. The van der Waals surface area contributed by atoms with Crippen LogP contribution >= 0.6 is 0 Å². The molecule has 0 saturated carbocycles. The van der Waals surface area contributed by atoms with Crippen molar-refractivity contribution in [3.8, 4) is 6.07 Å². The van der Waals surface area contributed by atoms with Gasteiger partial charge in [-0.1, -0.05) is 0 Å². The number of nitriles is 1. The Balaban J connectivity index is 1.85. The number of hydrogen-bond donors (Lipinski definition) is 1. The van der Waals surface area contributed by atoms with Gasteiger partial charge in [-0.3, -0.25) is 14.5 Å². The highest BCUT2D eigenvalue weighted by atomic mass is 16.4. The number of carbonyl (C=O) groups excluding carboxylic acids is 1. The van der Waals surface area contributed by atoms with Crippen LogP contribution in [-0.2, 0) is 9.59 Å². The number of carbonyl (C=O) groups is 2. The summed E-state index contributed by atoms with van der Waals surface area (Å²) >= 11 is 0. The van der Waals surface area contributed by atoms with Crippen LogP contribution in [0.15, 0.2) is 12.1 Å². The van der Waals surface area contributed by atoms with Gasteiger partial charge < -0.3 is 14.9 Å². The maximum atomic E-state index is 12.4. The van der Waals surface area contributed by atoms with Crippen molar-refractivity contribution in [2.24, 2.45) is 0 Å². The van der Waals surface area contributed by atoms with E-state index in [0.717, 1.165) is 18.8 Å². The van der Waals surface area contributed by atoms with Crippen molar-refractivity contribution in [3.63, 3.8) is 0 Å². The van der Waals surface area contributed by atoms with E-state index in [-0.39, 0.29) is 18.0 Å². The monoisotopic (exact) mass is 371 g/mol. The zero-order valence-corrected chi connectivity index (χ0v) is 15.8. The molecule has 1 unspecified atom stereocenters. The molecule has 2 fully saturated rings. The molecule has 27 heavy (non-hydrogen) atoms. The Morgan fingerprint density at radius 3 is 2.81 bits per heavy atom. The topological polar surface area (TPSA) is 101 Å². The molecule has 2 aliphatic rings. The number of nitrogens with zero attached hydrogens (tertiary/aromatic N) is 5. The smallest absolute Gasteiger partial charge is 0.323 e. The lowest BCUT2D eigenvalue weighted by Crippen LogP contribution is -2.61. The molecule has 0 aliphatic carbocycles. The molecule has 1 amide bonds. The molecule has 1 atom stereocenters. The third-order valence-electron chi connectivity index (χ3n) is 5.76. The minimum Gasteiger partial charge on any atom is -0.480 e. The molecule has 3 rings (SSSR count). The van der Waals surface area contributed by atoms with Crippen LogP contribution in [0, 0.1) is 18.3 Å². The van der Waals surface area contributed by atoms with Crippen LogP contribution in [0.3, 0.4) is 0 Å². The predicted molar refractivity (Wildman–Crippen MR) is 99.3 cm³/mol. The largest absolute Gasteiger partial charge is 0.480 e. The zero-order valence-electron chi connectivity index (χ0n) is 15.8. The number of aryl methyl sites for hydroxylation is 1. The number of amides is 1. The summed E-state index contributed by atoms with van der Waals surface area (Å²) in [4.78, 5) is 33.9. The molecule has 1 aromatic heterocycles. The van der Waals surface area contributed by atoms with Gasteiger partial charge in [-0.25, -0.2) is 4.98 Å². The van der Waals surface area contributed by atoms with E-state index in [9.17, 15) is 14.9 Å². The van der Waals surface area contributed by atoms with Crippen LogP contribution in [0.5, 0.6) is 0 Å². The molecule has 0 bridgehead atoms. The van der Waals surface area contributed by atoms with E-state index in [0.29, 0.717) is 43.7 Å². The molecule has 2 saturated heterocycles. The average Bonchev–Trinajstić information content (AvgIpc) is 2.78. The first-order chi connectivity index (χ1) is 12.8. The van der Waals surface area contributed by atoms with Crippen LogP contribution in [-0.4, -0.2) is 77.1 Å². The summed E-state index contributed by atoms with van der Waals surface area (Å²) in [5.41, 5.74) is 1.18. The van der Waals surface area contributed by atoms with Gasteiger partial charge in [0, 0.05) is 43.8 Å². The lowest BCUT2D eigenvalue weighted by molar-refractivity contribution is -0.144. The van der Waals surface area contributed by atoms with Crippen molar-refractivity contribution < 1.29 is 14.7 Å². The highest BCUT2D eigenvalue weighted by molar-refractivity contribution is 5.81. The minimum absolute atomic E-state index is 0.105. The van der Waals surface area contributed by atoms with E-state index < -0.39 is 5.97 Å². The number of likely N-dealkylation sites (N-methyl/N-ethyl adjacent to an activating group) is 1. The molecule has 8 heteroatoms. The molecule has 1 N–H and O–H groups in total. The zero-order chi connectivity index (χ0) is 19.6. The van der Waals surface area contributed by atoms with E-state index in [1.807, 2.05) is 13.0 Å². The van der Waals surface area contributed by atoms with Gasteiger partial charge in [-0.05, 0) is 38.9 Å². The summed E-state index contributed by atoms with van der Waals surface area (Å²) < 4.78 is 0. The van der Waals surface area contributed by atoms with Gasteiger partial charge in [0.2, 0.25) is 5.91 Å². The summed E-state index contributed by atoms with van der Waals surface area (Å²) in [7, 11) is 2.06. The van der Waals surface area contributed by atoms with Gasteiger partial charge in [-0.2, -0.15) is 5.26 Å². The van der Waals surface area contributed by atoms with Gasteiger partial charge in [0.1, 0.15) is 18.4 Å². The number of pyridine rings is 1. The Morgan fingerprint density at radius 1 is 1.33 bits per heavy atom. The minimum atomic E-state index is -0.986. The van der Waals surface area contributed by atoms with Crippen molar-refractivity contribution >= 4 is 17.7 Å². The molecular weight excluding hydrogens is 346 g/mol. The highest BCUT2D eigenvalue weighted by Crippen LogP contribution is 2.34. The average molecular weight is 371 g/mol. The number of aliphatic carboxylic acids is 1. The Bertz CT molecular complexity index is 790. The molecule has 3 heterocycles.